The van der Waals surface area contributed by atoms with Gasteiger partial charge in [0.15, 0.2) is 5.82 Å². The highest BCUT2D eigenvalue weighted by atomic mass is 16.5. The van der Waals surface area contributed by atoms with E-state index < -0.39 is 6.04 Å². The number of benzene rings is 2. The van der Waals surface area contributed by atoms with Crippen LogP contribution in [0.2, 0.25) is 0 Å². The van der Waals surface area contributed by atoms with E-state index in [0.717, 1.165) is 11.3 Å². The summed E-state index contributed by atoms with van der Waals surface area (Å²) in [6.07, 6.45) is 0. The fraction of sp³-hybridized carbons (Fsp3) is 0.125. The van der Waals surface area contributed by atoms with E-state index in [2.05, 4.69) is 20.8 Å². The standard InChI is InChI=1S/C16H13N5O2/c1-23-11-8-6-10(7-9-11)14-15-18-19-20-21(15)13-5-3-2-4-12(13)16(22)17-14/h2-9,14H,1H3,(H,17,22). The molecule has 7 heteroatoms. The number of carbonyl (C=O) groups is 1. The molecule has 3 aromatic rings. The first-order valence-corrected chi connectivity index (χ1v) is 7.10. The molecule has 1 amide bonds. The zero-order valence-electron chi connectivity index (χ0n) is 12.3. The average molecular weight is 307 g/mol. The molecule has 1 N–H and O–H groups in total. The normalized spacial score (nSPS) is 16.0. The van der Waals surface area contributed by atoms with Crippen molar-refractivity contribution in [3.8, 4) is 11.4 Å². The lowest BCUT2D eigenvalue weighted by Gasteiger charge is -2.15. The molecule has 1 aromatic heterocycles. The fourth-order valence-electron chi connectivity index (χ4n) is 2.70. The zero-order chi connectivity index (χ0) is 15.8. The first-order valence-electron chi connectivity index (χ1n) is 7.10. The number of aromatic nitrogens is 4. The summed E-state index contributed by atoms with van der Waals surface area (Å²) in [6.45, 7) is 0. The minimum absolute atomic E-state index is 0.172. The van der Waals surface area contributed by atoms with Crippen LogP contribution in [0.1, 0.15) is 27.8 Å². The quantitative estimate of drug-likeness (QED) is 0.776. The summed E-state index contributed by atoms with van der Waals surface area (Å²) in [5.74, 6) is 1.14. The van der Waals surface area contributed by atoms with Crippen molar-refractivity contribution in [2.45, 2.75) is 6.04 Å². The summed E-state index contributed by atoms with van der Waals surface area (Å²) in [5.41, 5.74) is 2.08. The molecule has 114 valence electrons. The second-order valence-electron chi connectivity index (χ2n) is 5.15. The molecule has 0 fully saturated rings. The molecular weight excluding hydrogens is 294 g/mol. The molecule has 0 aliphatic carbocycles. The van der Waals surface area contributed by atoms with Gasteiger partial charge in [-0.15, -0.1) is 5.10 Å². The Morgan fingerprint density at radius 2 is 1.91 bits per heavy atom. The molecule has 2 aromatic carbocycles. The van der Waals surface area contributed by atoms with Crippen LogP contribution in [-0.4, -0.2) is 33.2 Å². The van der Waals surface area contributed by atoms with Gasteiger partial charge in [0.2, 0.25) is 0 Å². The van der Waals surface area contributed by atoms with Gasteiger partial charge >= 0.3 is 0 Å². The van der Waals surface area contributed by atoms with Gasteiger partial charge in [0.05, 0.1) is 18.4 Å². The molecular formula is C16H13N5O2. The summed E-state index contributed by atoms with van der Waals surface area (Å²) >= 11 is 0. The Bertz CT molecular complexity index is 872. The average Bonchev–Trinajstić information content (AvgIpc) is 3.05. The highest BCUT2D eigenvalue weighted by Crippen LogP contribution is 2.28. The number of amides is 1. The number of methoxy groups -OCH3 is 1. The van der Waals surface area contributed by atoms with Gasteiger partial charge in [0, 0.05) is 0 Å². The van der Waals surface area contributed by atoms with Gasteiger partial charge in [-0.05, 0) is 40.3 Å². The maximum Gasteiger partial charge on any atom is 0.254 e. The first kappa shape index (κ1) is 13.4. The second kappa shape index (κ2) is 5.20. The highest BCUT2D eigenvalue weighted by Gasteiger charge is 2.30. The van der Waals surface area contributed by atoms with E-state index in [-0.39, 0.29) is 5.91 Å². The lowest BCUT2D eigenvalue weighted by Crippen LogP contribution is -2.28. The summed E-state index contributed by atoms with van der Waals surface area (Å²) in [5, 5.41) is 14.9. The first-order chi connectivity index (χ1) is 11.3. The molecule has 23 heavy (non-hydrogen) atoms. The molecule has 7 nitrogen and oxygen atoms in total. The number of tetrazole rings is 1. The minimum atomic E-state index is -0.434. The Labute approximate surface area is 131 Å². The molecule has 0 saturated carbocycles. The lowest BCUT2D eigenvalue weighted by molar-refractivity contribution is 0.0944. The Kier molecular flexibility index (Phi) is 3.04. The molecule has 0 bridgehead atoms. The largest absolute Gasteiger partial charge is 0.497 e. The van der Waals surface area contributed by atoms with Crippen LogP contribution in [0.4, 0.5) is 0 Å². The fourth-order valence-corrected chi connectivity index (χ4v) is 2.70. The molecule has 4 rings (SSSR count). The van der Waals surface area contributed by atoms with E-state index in [1.807, 2.05) is 42.5 Å². The molecule has 1 aliphatic heterocycles. The van der Waals surface area contributed by atoms with Crippen LogP contribution in [0.15, 0.2) is 48.5 Å². The van der Waals surface area contributed by atoms with E-state index in [1.165, 1.54) is 0 Å². The number of fused-ring (bicyclic) bond motifs is 3. The summed E-state index contributed by atoms with van der Waals surface area (Å²) in [6, 6.07) is 14.3. The predicted molar refractivity (Wildman–Crippen MR) is 81.5 cm³/mol. The topological polar surface area (TPSA) is 81.9 Å². The maximum atomic E-state index is 12.6. The number of nitrogens with one attached hydrogen (secondary N) is 1. The number of carbonyl (C=O) groups excluding carboxylic acids is 1. The SMILES string of the molecule is COc1ccc(C2NC(=O)c3ccccc3-n3nnnc32)cc1. The van der Waals surface area contributed by atoms with Gasteiger partial charge in [-0.3, -0.25) is 4.79 Å². The Balaban J connectivity index is 1.86. The van der Waals surface area contributed by atoms with Gasteiger partial charge in [-0.25, -0.2) is 0 Å². The van der Waals surface area contributed by atoms with Crippen molar-refractivity contribution in [3.05, 3.63) is 65.5 Å². The van der Waals surface area contributed by atoms with Crippen molar-refractivity contribution in [2.24, 2.45) is 0 Å². The smallest absolute Gasteiger partial charge is 0.254 e. The van der Waals surface area contributed by atoms with Crippen LogP contribution in [0.25, 0.3) is 5.69 Å². The number of hydrogen-bond acceptors (Lipinski definition) is 5. The maximum absolute atomic E-state index is 12.6. The minimum Gasteiger partial charge on any atom is -0.497 e. The Morgan fingerprint density at radius 1 is 1.13 bits per heavy atom. The third-order valence-corrected chi connectivity index (χ3v) is 3.85. The van der Waals surface area contributed by atoms with Crippen molar-refractivity contribution in [1.29, 1.82) is 0 Å². The third kappa shape index (κ3) is 2.13. The number of ether oxygens (including phenoxy) is 1. The van der Waals surface area contributed by atoms with Crippen LogP contribution in [0.3, 0.4) is 0 Å². The molecule has 0 spiro atoms. The molecule has 0 saturated heterocycles. The summed E-state index contributed by atoms with van der Waals surface area (Å²) < 4.78 is 6.77. The van der Waals surface area contributed by atoms with Crippen LogP contribution in [-0.2, 0) is 0 Å². The van der Waals surface area contributed by atoms with Crippen LogP contribution in [0, 0.1) is 0 Å². The van der Waals surface area contributed by atoms with E-state index in [0.29, 0.717) is 17.1 Å². The van der Waals surface area contributed by atoms with E-state index in [9.17, 15) is 4.79 Å². The van der Waals surface area contributed by atoms with Gasteiger partial charge in [-0.2, -0.15) is 4.68 Å². The van der Waals surface area contributed by atoms with Crippen LogP contribution < -0.4 is 10.1 Å². The Hall–Kier alpha value is -3.22. The highest BCUT2D eigenvalue weighted by molar-refractivity contribution is 5.98. The number of hydrogen-bond donors (Lipinski definition) is 1. The van der Waals surface area contributed by atoms with Gasteiger partial charge in [0.25, 0.3) is 5.91 Å². The second-order valence-corrected chi connectivity index (χ2v) is 5.15. The van der Waals surface area contributed by atoms with Crippen molar-refractivity contribution >= 4 is 5.91 Å². The van der Waals surface area contributed by atoms with E-state index in [4.69, 9.17) is 4.74 Å². The molecule has 0 radical (unpaired) electrons. The summed E-state index contributed by atoms with van der Waals surface area (Å²) in [4.78, 5) is 12.6. The molecule has 1 unspecified atom stereocenters. The van der Waals surface area contributed by atoms with Gasteiger partial charge < -0.3 is 10.1 Å². The van der Waals surface area contributed by atoms with E-state index >= 15 is 0 Å². The number of rotatable bonds is 2. The zero-order valence-corrected chi connectivity index (χ0v) is 12.3. The van der Waals surface area contributed by atoms with Crippen LogP contribution in [0.5, 0.6) is 5.75 Å². The van der Waals surface area contributed by atoms with Crippen molar-refractivity contribution in [3.63, 3.8) is 0 Å². The lowest BCUT2D eigenvalue weighted by atomic mass is 10.1. The molecule has 1 atom stereocenters. The number of nitrogens with zero attached hydrogens (tertiary/aromatic N) is 4. The molecule has 1 aliphatic rings. The van der Waals surface area contributed by atoms with Gasteiger partial charge in [0.1, 0.15) is 11.8 Å². The van der Waals surface area contributed by atoms with Crippen molar-refractivity contribution in [2.75, 3.05) is 7.11 Å². The summed E-state index contributed by atoms with van der Waals surface area (Å²) in [7, 11) is 1.61. The molecule has 2 heterocycles. The predicted octanol–water partition coefficient (Wildman–Crippen LogP) is 1.50. The Morgan fingerprint density at radius 3 is 2.70 bits per heavy atom. The monoisotopic (exact) mass is 307 g/mol. The van der Waals surface area contributed by atoms with Crippen LogP contribution >= 0.6 is 0 Å². The number of para-hydroxylation sites is 1. The van der Waals surface area contributed by atoms with Crippen molar-refractivity contribution in [1.82, 2.24) is 25.5 Å². The third-order valence-electron chi connectivity index (χ3n) is 3.85. The van der Waals surface area contributed by atoms with Gasteiger partial charge in [-0.1, -0.05) is 24.3 Å². The van der Waals surface area contributed by atoms with Crippen molar-refractivity contribution < 1.29 is 9.53 Å². The van der Waals surface area contributed by atoms with E-state index in [1.54, 1.807) is 17.9 Å².